The Labute approximate surface area is 224 Å². The molecule has 0 spiro atoms. The van der Waals surface area contributed by atoms with Crippen LogP contribution in [0.5, 0.6) is 0 Å². The lowest BCUT2D eigenvalue weighted by Gasteiger charge is -2.30. The summed E-state index contributed by atoms with van der Waals surface area (Å²) in [5.74, 6) is -1.18. The van der Waals surface area contributed by atoms with Gasteiger partial charge in [0.1, 0.15) is 11.3 Å². The molecule has 39 heavy (non-hydrogen) atoms. The molecule has 0 aliphatic heterocycles. The second kappa shape index (κ2) is 9.74. The number of benzene rings is 2. The monoisotopic (exact) mass is 527 g/mol. The van der Waals surface area contributed by atoms with Crippen molar-refractivity contribution in [1.29, 1.82) is 0 Å². The number of rotatable bonds is 6. The predicted molar refractivity (Wildman–Crippen MR) is 148 cm³/mol. The molecule has 8 nitrogen and oxygen atoms in total. The number of carbonyl (C=O) groups excluding carboxylic acids is 1. The second-order valence-corrected chi connectivity index (χ2v) is 10.7. The number of amides is 1. The van der Waals surface area contributed by atoms with Crippen molar-refractivity contribution in [2.45, 2.75) is 52.2 Å². The number of carbonyl (C=O) groups is 1. The Morgan fingerprint density at radius 2 is 1.87 bits per heavy atom. The first-order valence-electron chi connectivity index (χ1n) is 12.7. The summed E-state index contributed by atoms with van der Waals surface area (Å²) in [6.45, 7) is 8.88. The molecule has 0 aliphatic rings. The van der Waals surface area contributed by atoms with Crippen LogP contribution in [0.3, 0.4) is 0 Å². The molecule has 3 aromatic heterocycles. The number of pyridine rings is 1. The third-order valence-corrected chi connectivity index (χ3v) is 6.89. The Kier molecular flexibility index (Phi) is 6.56. The van der Waals surface area contributed by atoms with Crippen molar-refractivity contribution >= 4 is 22.3 Å². The van der Waals surface area contributed by atoms with E-state index < -0.39 is 23.4 Å². The first-order chi connectivity index (χ1) is 18.4. The fraction of sp³-hybridized carbons (Fsp3) is 0.267. The second-order valence-electron chi connectivity index (χ2n) is 10.7. The standard InChI is InChI=1S/C30H30FN5O3/c1-16(2)24-25(28(37)34-27(30(4,5)39)18-9-11-20(31)12-10-18)35-36-15-23(33-29(38)26(24)36)19-13-21-17(3)7-6-8-22(21)32-14-19/h6-16,27,39H,1-5H3,(H,33,38)(H,34,37)/t27-/m0/s1. The minimum atomic E-state index is -1.36. The maximum absolute atomic E-state index is 13.6. The zero-order chi connectivity index (χ0) is 28.1. The molecule has 200 valence electrons. The van der Waals surface area contributed by atoms with Crippen molar-refractivity contribution in [2.75, 3.05) is 0 Å². The Bertz CT molecular complexity index is 1760. The van der Waals surface area contributed by atoms with Gasteiger partial charge in [0.05, 0.1) is 29.1 Å². The topological polar surface area (TPSA) is 112 Å². The van der Waals surface area contributed by atoms with Gasteiger partial charge in [-0.25, -0.2) is 8.91 Å². The van der Waals surface area contributed by atoms with Crippen LogP contribution in [0.1, 0.15) is 66.8 Å². The summed E-state index contributed by atoms with van der Waals surface area (Å²) in [4.78, 5) is 34.4. The van der Waals surface area contributed by atoms with Gasteiger partial charge in [-0.1, -0.05) is 38.1 Å². The number of hydrogen-bond acceptors (Lipinski definition) is 5. The van der Waals surface area contributed by atoms with Crippen LogP contribution in [0.2, 0.25) is 0 Å². The minimum Gasteiger partial charge on any atom is -0.388 e. The van der Waals surface area contributed by atoms with Gasteiger partial charge >= 0.3 is 0 Å². The highest BCUT2D eigenvalue weighted by molar-refractivity contribution is 5.96. The lowest BCUT2D eigenvalue weighted by atomic mass is 9.91. The van der Waals surface area contributed by atoms with Gasteiger partial charge in [0, 0.05) is 22.7 Å². The first-order valence-corrected chi connectivity index (χ1v) is 12.7. The van der Waals surface area contributed by atoms with Crippen molar-refractivity contribution in [3.63, 3.8) is 0 Å². The number of aromatic nitrogens is 4. The van der Waals surface area contributed by atoms with Crippen LogP contribution in [0.15, 0.2) is 65.7 Å². The molecule has 0 fully saturated rings. The number of halogens is 1. The highest BCUT2D eigenvalue weighted by Crippen LogP contribution is 2.29. The average Bonchev–Trinajstić information content (AvgIpc) is 3.28. The van der Waals surface area contributed by atoms with E-state index in [4.69, 9.17) is 0 Å². The molecule has 1 atom stereocenters. The summed E-state index contributed by atoms with van der Waals surface area (Å²) in [6.07, 6.45) is 3.37. The van der Waals surface area contributed by atoms with Crippen LogP contribution in [0.4, 0.5) is 4.39 Å². The molecule has 0 saturated heterocycles. The lowest BCUT2D eigenvalue weighted by Crippen LogP contribution is -2.42. The van der Waals surface area contributed by atoms with E-state index in [1.807, 2.05) is 45.0 Å². The van der Waals surface area contributed by atoms with Gasteiger partial charge in [-0.3, -0.25) is 14.6 Å². The van der Waals surface area contributed by atoms with Crippen LogP contribution in [-0.2, 0) is 0 Å². The first kappa shape index (κ1) is 26.2. The predicted octanol–water partition coefficient (Wildman–Crippen LogP) is 5.05. The molecule has 3 heterocycles. The zero-order valence-corrected chi connectivity index (χ0v) is 22.4. The third kappa shape index (κ3) is 4.93. The van der Waals surface area contributed by atoms with Crippen molar-refractivity contribution < 1.29 is 14.3 Å². The van der Waals surface area contributed by atoms with Crippen LogP contribution < -0.4 is 10.9 Å². The number of H-pyrrole nitrogens is 1. The van der Waals surface area contributed by atoms with Crippen LogP contribution in [-0.4, -0.2) is 36.2 Å². The SMILES string of the molecule is Cc1cccc2ncc(-c3cn4nc(C(=O)N[C@@H](c5ccc(F)cc5)C(C)(C)O)c(C(C)C)c4c(=O)[nH]3)cc12. The lowest BCUT2D eigenvalue weighted by molar-refractivity contribution is 0.0342. The normalized spacial score (nSPS) is 12.8. The van der Waals surface area contributed by atoms with E-state index in [1.165, 1.54) is 28.8 Å². The molecular formula is C30H30FN5O3. The maximum atomic E-state index is 13.6. The quantitative estimate of drug-likeness (QED) is 0.286. The number of hydrogen-bond donors (Lipinski definition) is 3. The van der Waals surface area contributed by atoms with Gasteiger partial charge < -0.3 is 15.4 Å². The Morgan fingerprint density at radius 1 is 1.15 bits per heavy atom. The smallest absolute Gasteiger partial charge is 0.274 e. The van der Waals surface area contributed by atoms with Gasteiger partial charge in [0.15, 0.2) is 5.69 Å². The van der Waals surface area contributed by atoms with E-state index in [1.54, 1.807) is 26.2 Å². The van der Waals surface area contributed by atoms with Crippen molar-refractivity contribution in [3.05, 3.63) is 99.5 Å². The molecular weight excluding hydrogens is 497 g/mol. The van der Waals surface area contributed by atoms with E-state index in [0.717, 1.165) is 16.5 Å². The third-order valence-electron chi connectivity index (χ3n) is 6.89. The number of fused-ring (bicyclic) bond motifs is 2. The van der Waals surface area contributed by atoms with E-state index >= 15 is 0 Å². The Balaban J connectivity index is 1.60. The van der Waals surface area contributed by atoms with Crippen molar-refractivity contribution in [3.8, 4) is 11.3 Å². The van der Waals surface area contributed by atoms with E-state index in [-0.39, 0.29) is 22.7 Å². The number of nitrogens with one attached hydrogen (secondary N) is 2. The molecule has 5 aromatic rings. The number of aliphatic hydroxyl groups is 1. The molecule has 1 amide bonds. The molecule has 0 bridgehead atoms. The van der Waals surface area contributed by atoms with Gasteiger partial charge in [-0.15, -0.1) is 0 Å². The summed E-state index contributed by atoms with van der Waals surface area (Å²) < 4.78 is 15.0. The van der Waals surface area contributed by atoms with Gasteiger partial charge in [0.25, 0.3) is 11.5 Å². The van der Waals surface area contributed by atoms with Crippen LogP contribution >= 0.6 is 0 Å². The van der Waals surface area contributed by atoms with Gasteiger partial charge in [0.2, 0.25) is 0 Å². The molecule has 0 radical (unpaired) electrons. The fourth-order valence-corrected chi connectivity index (χ4v) is 4.93. The molecule has 9 heteroatoms. The molecule has 0 aliphatic carbocycles. The molecule has 2 aromatic carbocycles. The zero-order valence-electron chi connectivity index (χ0n) is 22.4. The highest BCUT2D eigenvalue weighted by Gasteiger charge is 2.33. The average molecular weight is 528 g/mol. The van der Waals surface area contributed by atoms with Gasteiger partial charge in [-0.2, -0.15) is 5.10 Å². The van der Waals surface area contributed by atoms with Gasteiger partial charge in [-0.05, 0) is 62.1 Å². The van der Waals surface area contributed by atoms with Crippen LogP contribution in [0, 0.1) is 12.7 Å². The largest absolute Gasteiger partial charge is 0.388 e. The summed E-state index contributed by atoms with van der Waals surface area (Å²) in [7, 11) is 0. The Morgan fingerprint density at radius 3 is 2.54 bits per heavy atom. The molecule has 3 N–H and O–H groups in total. The molecule has 5 rings (SSSR count). The van der Waals surface area contributed by atoms with Crippen molar-refractivity contribution in [1.82, 2.24) is 24.9 Å². The summed E-state index contributed by atoms with van der Waals surface area (Å²) in [5.41, 5.74) is 2.76. The van der Waals surface area contributed by atoms with E-state index in [9.17, 15) is 19.1 Å². The summed E-state index contributed by atoms with van der Waals surface area (Å²) >= 11 is 0. The fourth-order valence-electron chi connectivity index (χ4n) is 4.93. The van der Waals surface area contributed by atoms with Crippen LogP contribution in [0.25, 0.3) is 27.7 Å². The highest BCUT2D eigenvalue weighted by atomic mass is 19.1. The number of aromatic amines is 1. The number of nitrogens with zero attached hydrogens (tertiary/aromatic N) is 3. The van der Waals surface area contributed by atoms with Crippen molar-refractivity contribution in [2.24, 2.45) is 0 Å². The number of aryl methyl sites for hydroxylation is 1. The molecule has 0 saturated carbocycles. The van der Waals surface area contributed by atoms with E-state index in [0.29, 0.717) is 22.4 Å². The molecule has 0 unspecified atom stereocenters. The summed E-state index contributed by atoms with van der Waals surface area (Å²) in [5, 5.41) is 19.2. The Hall–Kier alpha value is -4.37. The summed E-state index contributed by atoms with van der Waals surface area (Å²) in [6, 6.07) is 12.6. The minimum absolute atomic E-state index is 0.0801. The van der Waals surface area contributed by atoms with E-state index in [2.05, 4.69) is 20.4 Å². The maximum Gasteiger partial charge on any atom is 0.274 e.